The Kier molecular flexibility index (Phi) is 6.65. The molecule has 0 atom stereocenters. The van der Waals surface area contributed by atoms with Crippen LogP contribution in [0, 0.1) is 10.1 Å². The van der Waals surface area contributed by atoms with Crippen LogP contribution < -0.4 is 9.47 Å². The molecule has 0 saturated carbocycles. The smallest absolute Gasteiger partial charge is 0.315 e. The Morgan fingerprint density at radius 2 is 1.83 bits per heavy atom. The van der Waals surface area contributed by atoms with Crippen LogP contribution in [-0.2, 0) is 26.0 Å². The number of non-ortho nitro benzene ring substituents is 1. The molecule has 1 saturated heterocycles. The zero-order chi connectivity index (χ0) is 21.7. The van der Waals surface area contributed by atoms with Gasteiger partial charge in [0.2, 0.25) is 10.0 Å². The molecule has 0 aromatic heterocycles. The van der Waals surface area contributed by atoms with Gasteiger partial charge in [0.05, 0.1) is 31.7 Å². The second kappa shape index (κ2) is 9.20. The molecule has 0 bridgehead atoms. The van der Waals surface area contributed by atoms with Crippen molar-refractivity contribution in [3.8, 4) is 11.5 Å². The van der Waals surface area contributed by atoms with E-state index in [2.05, 4.69) is 0 Å². The summed E-state index contributed by atoms with van der Waals surface area (Å²) in [5, 5.41) is 10.7. The van der Waals surface area contributed by atoms with Crippen molar-refractivity contribution in [1.29, 1.82) is 0 Å². The minimum absolute atomic E-state index is 0.0347. The fraction of sp³-hybridized carbons (Fsp3) is 0.316. The monoisotopic (exact) mass is 436 g/mol. The number of carbonyl (C=O) groups is 1. The number of esters is 1. The summed E-state index contributed by atoms with van der Waals surface area (Å²) in [6.45, 7) is 1.08. The Labute approximate surface area is 173 Å². The maximum absolute atomic E-state index is 13.0. The first-order chi connectivity index (χ1) is 14.3. The van der Waals surface area contributed by atoms with E-state index >= 15 is 0 Å². The van der Waals surface area contributed by atoms with Crippen molar-refractivity contribution in [2.75, 3.05) is 33.4 Å². The Balaban J connectivity index is 1.77. The average molecular weight is 436 g/mol. The highest BCUT2D eigenvalue weighted by molar-refractivity contribution is 7.89. The van der Waals surface area contributed by atoms with Crippen LogP contribution in [0.25, 0.3) is 0 Å². The Morgan fingerprint density at radius 3 is 2.43 bits per heavy atom. The molecular formula is C19H20N2O8S. The fourth-order valence-electron chi connectivity index (χ4n) is 2.93. The number of carbonyl (C=O) groups excluding carboxylic acids is 1. The number of rotatable bonds is 7. The van der Waals surface area contributed by atoms with Crippen molar-refractivity contribution in [3.63, 3.8) is 0 Å². The van der Waals surface area contributed by atoms with E-state index in [0.29, 0.717) is 18.8 Å². The number of benzene rings is 2. The van der Waals surface area contributed by atoms with Crippen LogP contribution in [0.4, 0.5) is 5.69 Å². The van der Waals surface area contributed by atoms with Crippen LogP contribution in [0.15, 0.2) is 47.4 Å². The lowest BCUT2D eigenvalue weighted by Gasteiger charge is -2.26. The van der Waals surface area contributed by atoms with Crippen LogP contribution in [0.3, 0.4) is 0 Å². The van der Waals surface area contributed by atoms with Crippen LogP contribution in [0.1, 0.15) is 5.56 Å². The summed E-state index contributed by atoms with van der Waals surface area (Å²) >= 11 is 0. The first-order valence-corrected chi connectivity index (χ1v) is 10.4. The summed E-state index contributed by atoms with van der Waals surface area (Å²) in [6.07, 6.45) is -0.188. The molecular weight excluding hydrogens is 416 g/mol. The number of ether oxygens (including phenoxy) is 3. The van der Waals surface area contributed by atoms with E-state index in [0.717, 1.165) is 0 Å². The highest BCUT2D eigenvalue weighted by Crippen LogP contribution is 2.29. The van der Waals surface area contributed by atoms with Gasteiger partial charge in [0, 0.05) is 25.2 Å². The van der Waals surface area contributed by atoms with Gasteiger partial charge >= 0.3 is 5.97 Å². The van der Waals surface area contributed by atoms with Crippen LogP contribution in [-0.4, -0.2) is 57.0 Å². The summed E-state index contributed by atoms with van der Waals surface area (Å²) in [7, 11) is -2.45. The highest BCUT2D eigenvalue weighted by atomic mass is 32.2. The Bertz CT molecular complexity index is 1030. The van der Waals surface area contributed by atoms with E-state index in [4.69, 9.17) is 14.2 Å². The van der Waals surface area contributed by atoms with Gasteiger partial charge in [0.15, 0.2) is 0 Å². The van der Waals surface area contributed by atoms with E-state index in [1.54, 1.807) is 6.07 Å². The summed E-state index contributed by atoms with van der Waals surface area (Å²) in [5.74, 6) is -0.307. The molecule has 2 aromatic rings. The topological polar surface area (TPSA) is 125 Å². The van der Waals surface area contributed by atoms with Gasteiger partial charge in [0.1, 0.15) is 16.4 Å². The maximum atomic E-state index is 13.0. The summed E-state index contributed by atoms with van der Waals surface area (Å²) < 4.78 is 42.9. The quantitative estimate of drug-likeness (QED) is 0.278. The number of hydrogen-bond donors (Lipinski definition) is 0. The molecule has 160 valence electrons. The predicted molar refractivity (Wildman–Crippen MR) is 105 cm³/mol. The third-order valence-corrected chi connectivity index (χ3v) is 6.36. The zero-order valence-corrected chi connectivity index (χ0v) is 17.0. The molecule has 0 aliphatic carbocycles. The number of hydrogen-bond acceptors (Lipinski definition) is 8. The first-order valence-electron chi connectivity index (χ1n) is 9.01. The molecule has 1 aliphatic heterocycles. The lowest BCUT2D eigenvalue weighted by Crippen LogP contribution is -2.40. The third kappa shape index (κ3) is 4.93. The number of morpholine rings is 1. The number of nitro benzene ring substituents is 1. The van der Waals surface area contributed by atoms with Crippen molar-refractivity contribution < 1.29 is 32.3 Å². The van der Waals surface area contributed by atoms with Gasteiger partial charge in [-0.2, -0.15) is 4.31 Å². The van der Waals surface area contributed by atoms with Gasteiger partial charge in [0.25, 0.3) is 5.69 Å². The molecule has 3 rings (SSSR count). The Morgan fingerprint density at radius 1 is 1.17 bits per heavy atom. The SMILES string of the molecule is COc1ccc(CC(=O)Oc2ccc([N+](=O)[O-])cc2)cc1S(=O)(=O)N1CCOCC1. The third-order valence-electron chi connectivity index (χ3n) is 4.44. The number of sulfonamides is 1. The normalized spacial score (nSPS) is 14.8. The van der Waals surface area contributed by atoms with Gasteiger partial charge < -0.3 is 14.2 Å². The largest absolute Gasteiger partial charge is 0.495 e. The molecule has 1 fully saturated rings. The predicted octanol–water partition coefficient (Wildman–Crippen LogP) is 1.77. The number of nitrogens with zero attached hydrogens (tertiary/aromatic N) is 2. The molecule has 0 spiro atoms. The summed E-state index contributed by atoms with van der Waals surface area (Å²) in [5.41, 5.74) is 0.303. The molecule has 30 heavy (non-hydrogen) atoms. The van der Waals surface area contributed by atoms with Gasteiger partial charge in [-0.25, -0.2) is 8.42 Å². The molecule has 0 N–H and O–H groups in total. The molecule has 1 aliphatic rings. The van der Waals surface area contributed by atoms with Gasteiger partial charge in [-0.1, -0.05) is 6.07 Å². The van der Waals surface area contributed by atoms with Crippen LogP contribution in [0.2, 0.25) is 0 Å². The van der Waals surface area contributed by atoms with Crippen molar-refractivity contribution in [2.24, 2.45) is 0 Å². The van der Waals surface area contributed by atoms with E-state index < -0.39 is 20.9 Å². The highest BCUT2D eigenvalue weighted by Gasteiger charge is 2.29. The number of nitro groups is 1. The Hall–Kier alpha value is -3.02. The van der Waals surface area contributed by atoms with Crippen LogP contribution >= 0.6 is 0 Å². The molecule has 0 amide bonds. The van der Waals surface area contributed by atoms with Gasteiger partial charge in [-0.05, 0) is 29.8 Å². The molecule has 0 unspecified atom stereocenters. The summed E-state index contributed by atoms with van der Waals surface area (Å²) in [6, 6.07) is 9.54. The molecule has 0 radical (unpaired) electrons. The minimum atomic E-state index is -3.82. The lowest BCUT2D eigenvalue weighted by atomic mass is 10.1. The van der Waals surface area contributed by atoms with Gasteiger partial charge in [-0.3, -0.25) is 14.9 Å². The molecule has 11 heteroatoms. The van der Waals surface area contributed by atoms with Gasteiger partial charge in [-0.15, -0.1) is 0 Å². The van der Waals surface area contributed by atoms with Crippen molar-refractivity contribution in [2.45, 2.75) is 11.3 Å². The molecule has 10 nitrogen and oxygen atoms in total. The van der Waals surface area contributed by atoms with E-state index in [1.807, 2.05) is 0 Å². The molecule has 1 heterocycles. The van der Waals surface area contributed by atoms with Crippen molar-refractivity contribution in [1.82, 2.24) is 4.31 Å². The zero-order valence-electron chi connectivity index (χ0n) is 16.1. The second-order valence-corrected chi connectivity index (χ2v) is 8.31. The fourth-order valence-corrected chi connectivity index (χ4v) is 4.54. The minimum Gasteiger partial charge on any atom is -0.495 e. The average Bonchev–Trinajstić information content (AvgIpc) is 2.74. The van der Waals surface area contributed by atoms with Crippen LogP contribution in [0.5, 0.6) is 11.5 Å². The first kappa shape index (κ1) is 21.7. The number of methoxy groups -OCH3 is 1. The molecule has 2 aromatic carbocycles. The van der Waals surface area contributed by atoms with Crippen molar-refractivity contribution in [3.05, 3.63) is 58.1 Å². The van der Waals surface area contributed by atoms with E-state index in [9.17, 15) is 23.3 Å². The van der Waals surface area contributed by atoms with E-state index in [-0.39, 0.29) is 41.6 Å². The lowest BCUT2D eigenvalue weighted by molar-refractivity contribution is -0.384. The van der Waals surface area contributed by atoms with E-state index in [1.165, 1.54) is 47.8 Å². The second-order valence-electron chi connectivity index (χ2n) is 6.40. The summed E-state index contributed by atoms with van der Waals surface area (Å²) in [4.78, 5) is 22.3. The standard InChI is InChI=1S/C19H20N2O8S/c1-27-17-7-2-14(12-18(17)30(25,26)20-8-10-28-11-9-20)13-19(22)29-16-5-3-15(4-6-16)21(23)24/h2-7,12H,8-11,13H2,1H3. The maximum Gasteiger partial charge on any atom is 0.315 e. The van der Waals surface area contributed by atoms with Crippen molar-refractivity contribution >= 4 is 21.7 Å².